The maximum atomic E-state index is 13.4. The lowest BCUT2D eigenvalue weighted by molar-refractivity contribution is 0.581. The molecule has 0 saturated heterocycles. The summed E-state index contributed by atoms with van der Waals surface area (Å²) in [5.74, 6) is -0.267. The third kappa shape index (κ3) is 2.20. The molecule has 80 valence electrons. The van der Waals surface area contributed by atoms with Crippen LogP contribution >= 0.6 is 11.8 Å². The van der Waals surface area contributed by atoms with E-state index < -0.39 is 11.6 Å². The predicted octanol–water partition coefficient (Wildman–Crippen LogP) is 3.24. The van der Waals surface area contributed by atoms with Crippen molar-refractivity contribution in [3.05, 3.63) is 35.4 Å². The Balaban J connectivity index is 2.39. The van der Waals surface area contributed by atoms with Gasteiger partial charge in [-0.15, -0.1) is 11.8 Å². The van der Waals surface area contributed by atoms with E-state index in [2.05, 4.69) is 4.99 Å². The maximum absolute atomic E-state index is 13.4. The topological polar surface area (TPSA) is 12.4 Å². The van der Waals surface area contributed by atoms with Crippen LogP contribution in [0.3, 0.4) is 0 Å². The normalized spacial score (nSPS) is 19.1. The van der Waals surface area contributed by atoms with Crippen LogP contribution in [0.4, 0.5) is 8.78 Å². The summed E-state index contributed by atoms with van der Waals surface area (Å²) in [6.07, 6.45) is 0. The summed E-state index contributed by atoms with van der Waals surface area (Å²) in [5.41, 5.74) is 0.243. The van der Waals surface area contributed by atoms with E-state index in [1.165, 1.54) is 23.9 Å². The van der Waals surface area contributed by atoms with Gasteiger partial charge in [-0.2, -0.15) is 0 Å². The molecule has 0 aromatic heterocycles. The van der Waals surface area contributed by atoms with E-state index in [1.54, 1.807) is 0 Å². The molecule has 0 bridgehead atoms. The van der Waals surface area contributed by atoms with Crippen LogP contribution in [0, 0.1) is 11.6 Å². The van der Waals surface area contributed by atoms with E-state index in [0.717, 1.165) is 11.8 Å². The fourth-order valence-electron chi connectivity index (χ4n) is 1.39. The SMILES string of the molecule is CC1(C)CSC(c2ccc(F)cc2F)=N1. The first-order chi connectivity index (χ1) is 6.98. The van der Waals surface area contributed by atoms with Crippen molar-refractivity contribution in [2.75, 3.05) is 5.75 Å². The van der Waals surface area contributed by atoms with Gasteiger partial charge < -0.3 is 0 Å². The van der Waals surface area contributed by atoms with E-state index in [0.29, 0.717) is 10.6 Å². The molecule has 1 aliphatic rings. The second kappa shape index (κ2) is 3.59. The maximum Gasteiger partial charge on any atom is 0.136 e. The highest BCUT2D eigenvalue weighted by Gasteiger charge is 2.27. The average Bonchev–Trinajstić information content (AvgIpc) is 2.46. The molecule has 1 nitrogen and oxygen atoms in total. The van der Waals surface area contributed by atoms with E-state index >= 15 is 0 Å². The molecule has 1 aromatic carbocycles. The molecule has 0 fully saturated rings. The molecule has 2 rings (SSSR count). The molecule has 1 aliphatic heterocycles. The van der Waals surface area contributed by atoms with Gasteiger partial charge in [0.25, 0.3) is 0 Å². The van der Waals surface area contributed by atoms with Crippen molar-refractivity contribution >= 4 is 16.8 Å². The number of nitrogens with zero attached hydrogens (tertiary/aromatic N) is 1. The fraction of sp³-hybridized carbons (Fsp3) is 0.364. The Bertz CT molecular complexity index is 427. The first kappa shape index (κ1) is 10.6. The minimum Gasteiger partial charge on any atom is -0.271 e. The summed E-state index contributed by atoms with van der Waals surface area (Å²) in [5, 5.41) is 0.664. The summed E-state index contributed by atoms with van der Waals surface area (Å²) >= 11 is 1.51. The lowest BCUT2D eigenvalue weighted by Gasteiger charge is -2.09. The molecule has 0 radical (unpaired) electrons. The van der Waals surface area contributed by atoms with Crippen molar-refractivity contribution in [2.45, 2.75) is 19.4 Å². The first-order valence-electron chi connectivity index (χ1n) is 4.66. The molecule has 15 heavy (non-hydrogen) atoms. The number of aliphatic imine (C=N–C) groups is 1. The number of halogens is 2. The summed E-state index contributed by atoms with van der Waals surface area (Å²) < 4.78 is 26.1. The predicted molar refractivity (Wildman–Crippen MR) is 59.4 cm³/mol. The Hall–Kier alpha value is -0.900. The van der Waals surface area contributed by atoms with Gasteiger partial charge >= 0.3 is 0 Å². The lowest BCUT2D eigenvalue weighted by Crippen LogP contribution is -2.15. The summed E-state index contributed by atoms with van der Waals surface area (Å²) in [6.45, 7) is 3.99. The molecule has 0 unspecified atom stereocenters. The van der Waals surface area contributed by atoms with Gasteiger partial charge in [-0.05, 0) is 26.0 Å². The van der Waals surface area contributed by atoms with Gasteiger partial charge in [0.15, 0.2) is 0 Å². The van der Waals surface area contributed by atoms with Gasteiger partial charge in [0.2, 0.25) is 0 Å². The Morgan fingerprint density at radius 3 is 2.60 bits per heavy atom. The van der Waals surface area contributed by atoms with Gasteiger partial charge in [0.1, 0.15) is 16.7 Å². The van der Waals surface area contributed by atoms with Crippen LogP contribution in [0.1, 0.15) is 19.4 Å². The molecule has 0 saturated carbocycles. The smallest absolute Gasteiger partial charge is 0.136 e. The molecule has 4 heteroatoms. The summed E-state index contributed by atoms with van der Waals surface area (Å²) in [4.78, 5) is 4.40. The van der Waals surface area contributed by atoms with Gasteiger partial charge in [-0.25, -0.2) is 8.78 Å². The molecule has 0 amide bonds. The quantitative estimate of drug-likeness (QED) is 0.717. The van der Waals surface area contributed by atoms with Crippen LogP contribution < -0.4 is 0 Å². The molecular weight excluding hydrogens is 216 g/mol. The highest BCUT2D eigenvalue weighted by atomic mass is 32.2. The summed E-state index contributed by atoms with van der Waals surface area (Å²) in [6, 6.07) is 3.59. The van der Waals surface area contributed by atoms with Crippen LogP contribution in [0.2, 0.25) is 0 Å². The first-order valence-corrected chi connectivity index (χ1v) is 5.65. The van der Waals surface area contributed by atoms with Crippen LogP contribution in [0.15, 0.2) is 23.2 Å². The van der Waals surface area contributed by atoms with Crippen molar-refractivity contribution in [3.63, 3.8) is 0 Å². The molecule has 1 heterocycles. The monoisotopic (exact) mass is 227 g/mol. The van der Waals surface area contributed by atoms with E-state index in [9.17, 15) is 8.78 Å². The third-order valence-electron chi connectivity index (χ3n) is 2.13. The number of rotatable bonds is 1. The van der Waals surface area contributed by atoms with Crippen molar-refractivity contribution in [1.82, 2.24) is 0 Å². The Morgan fingerprint density at radius 1 is 1.33 bits per heavy atom. The molecule has 0 N–H and O–H groups in total. The van der Waals surface area contributed by atoms with Gasteiger partial charge in [-0.1, -0.05) is 0 Å². The number of hydrogen-bond acceptors (Lipinski definition) is 2. The van der Waals surface area contributed by atoms with Crippen LogP contribution in [0.5, 0.6) is 0 Å². The molecular formula is C11H11F2NS. The van der Waals surface area contributed by atoms with E-state index in [4.69, 9.17) is 0 Å². The lowest BCUT2D eigenvalue weighted by atomic mass is 10.1. The second-order valence-corrected chi connectivity index (χ2v) is 5.11. The Morgan fingerprint density at radius 2 is 2.07 bits per heavy atom. The fourth-order valence-corrected chi connectivity index (χ4v) is 2.57. The average molecular weight is 227 g/mol. The molecule has 0 spiro atoms. The summed E-state index contributed by atoms with van der Waals surface area (Å²) in [7, 11) is 0. The molecule has 1 aromatic rings. The van der Waals surface area contributed by atoms with Gasteiger partial charge in [-0.3, -0.25) is 4.99 Å². The van der Waals surface area contributed by atoms with Crippen LogP contribution in [-0.4, -0.2) is 16.3 Å². The number of hydrogen-bond donors (Lipinski definition) is 0. The number of thioether (sulfide) groups is 1. The van der Waals surface area contributed by atoms with E-state index in [1.807, 2.05) is 13.8 Å². The molecule has 0 atom stereocenters. The zero-order chi connectivity index (χ0) is 11.1. The van der Waals surface area contributed by atoms with Crippen molar-refractivity contribution in [1.29, 1.82) is 0 Å². The molecule has 0 aliphatic carbocycles. The van der Waals surface area contributed by atoms with Gasteiger partial charge in [0.05, 0.1) is 5.54 Å². The zero-order valence-electron chi connectivity index (χ0n) is 8.55. The third-order valence-corrected chi connectivity index (χ3v) is 3.56. The van der Waals surface area contributed by atoms with E-state index in [-0.39, 0.29) is 5.54 Å². The van der Waals surface area contributed by atoms with Crippen LogP contribution in [-0.2, 0) is 0 Å². The zero-order valence-corrected chi connectivity index (χ0v) is 9.37. The Labute approximate surface area is 91.6 Å². The highest BCUT2D eigenvalue weighted by molar-refractivity contribution is 8.14. The van der Waals surface area contributed by atoms with Crippen molar-refractivity contribution in [2.24, 2.45) is 4.99 Å². The van der Waals surface area contributed by atoms with Crippen LogP contribution in [0.25, 0.3) is 0 Å². The van der Waals surface area contributed by atoms with Gasteiger partial charge in [0, 0.05) is 17.4 Å². The van der Waals surface area contributed by atoms with Crippen molar-refractivity contribution in [3.8, 4) is 0 Å². The van der Waals surface area contributed by atoms with Crippen molar-refractivity contribution < 1.29 is 8.78 Å². The Kier molecular flexibility index (Phi) is 2.54. The minimum absolute atomic E-state index is 0.152. The minimum atomic E-state index is -0.556. The number of benzene rings is 1. The second-order valence-electron chi connectivity index (χ2n) is 4.14. The standard InChI is InChI=1S/C11H11F2NS/c1-11(2)6-15-10(14-11)8-4-3-7(12)5-9(8)13/h3-5H,6H2,1-2H3. The largest absolute Gasteiger partial charge is 0.271 e. The highest BCUT2D eigenvalue weighted by Crippen LogP contribution is 2.31.